The van der Waals surface area contributed by atoms with Crippen LogP contribution in [0.15, 0.2) is 30.0 Å². The van der Waals surface area contributed by atoms with E-state index in [1.165, 1.54) is 12.1 Å². The Balaban J connectivity index is 1.80. The van der Waals surface area contributed by atoms with Gasteiger partial charge in [-0.05, 0) is 36.6 Å². The maximum absolute atomic E-state index is 14.2. The van der Waals surface area contributed by atoms with E-state index in [4.69, 9.17) is 5.11 Å². The number of piperidine rings is 1. The molecule has 0 aliphatic carbocycles. The SMILES string of the molecule is O=C1CCN(c2cc(C(=O)N3CCC(=CO)CC3)ccc2F)C(=O)N1. The number of carbonyl (C=O) groups excluding carboxylic acids is 3. The van der Waals surface area contributed by atoms with Gasteiger partial charge in [-0.15, -0.1) is 0 Å². The van der Waals surface area contributed by atoms with E-state index in [2.05, 4.69) is 5.32 Å². The van der Waals surface area contributed by atoms with Crippen molar-refractivity contribution >= 4 is 23.5 Å². The standard InChI is InChI=1S/C17H18FN3O4/c18-13-2-1-12(16(24)20-6-3-11(10-22)4-7-20)9-14(13)21-8-5-15(23)19-17(21)25/h1-2,9-10,22H,3-8H2,(H,19,23,25). The third-order valence-corrected chi connectivity index (χ3v) is 4.41. The lowest BCUT2D eigenvalue weighted by atomic mass is 10.0. The number of rotatable bonds is 2. The minimum atomic E-state index is -0.699. The van der Waals surface area contributed by atoms with Crippen molar-refractivity contribution in [3.05, 3.63) is 41.4 Å². The van der Waals surface area contributed by atoms with Crippen molar-refractivity contribution in [2.45, 2.75) is 19.3 Å². The number of anilines is 1. The van der Waals surface area contributed by atoms with Crippen molar-refractivity contribution in [1.29, 1.82) is 0 Å². The highest BCUT2D eigenvalue weighted by molar-refractivity contribution is 6.06. The summed E-state index contributed by atoms with van der Waals surface area (Å²) in [4.78, 5) is 38.5. The van der Waals surface area contributed by atoms with Gasteiger partial charge in [0.25, 0.3) is 5.91 Å². The molecule has 1 aromatic rings. The highest BCUT2D eigenvalue weighted by Crippen LogP contribution is 2.25. The van der Waals surface area contributed by atoms with E-state index in [0.717, 1.165) is 22.8 Å². The number of hydrogen-bond donors (Lipinski definition) is 2. The van der Waals surface area contributed by atoms with Crippen LogP contribution in [0.5, 0.6) is 0 Å². The van der Waals surface area contributed by atoms with Crippen LogP contribution >= 0.6 is 0 Å². The molecular formula is C17H18FN3O4. The first-order valence-electron chi connectivity index (χ1n) is 8.02. The molecule has 0 atom stereocenters. The van der Waals surface area contributed by atoms with Crippen molar-refractivity contribution in [3.8, 4) is 0 Å². The van der Waals surface area contributed by atoms with E-state index >= 15 is 0 Å². The van der Waals surface area contributed by atoms with Crippen molar-refractivity contribution in [3.63, 3.8) is 0 Å². The van der Waals surface area contributed by atoms with E-state index in [9.17, 15) is 18.8 Å². The number of nitrogens with one attached hydrogen (secondary N) is 1. The molecule has 0 aromatic heterocycles. The molecule has 3 rings (SSSR count). The summed E-state index contributed by atoms with van der Waals surface area (Å²) in [5.41, 5.74) is 1.14. The Bertz CT molecular complexity index is 752. The van der Waals surface area contributed by atoms with Crippen LogP contribution in [0.25, 0.3) is 0 Å². The number of aliphatic hydroxyl groups is 1. The molecule has 2 aliphatic rings. The minimum Gasteiger partial charge on any atom is -0.516 e. The third kappa shape index (κ3) is 3.47. The predicted octanol–water partition coefficient (Wildman–Crippen LogP) is 1.95. The maximum Gasteiger partial charge on any atom is 0.328 e. The number of imide groups is 1. The molecular weight excluding hydrogens is 329 g/mol. The average molecular weight is 347 g/mol. The minimum absolute atomic E-state index is 0.0243. The molecule has 0 unspecified atom stereocenters. The molecule has 2 fully saturated rings. The molecule has 2 saturated heterocycles. The van der Waals surface area contributed by atoms with Crippen LogP contribution in [0.1, 0.15) is 29.6 Å². The van der Waals surface area contributed by atoms with Gasteiger partial charge < -0.3 is 10.0 Å². The van der Waals surface area contributed by atoms with Crippen molar-refractivity contribution in [2.24, 2.45) is 0 Å². The van der Waals surface area contributed by atoms with Gasteiger partial charge in [0.15, 0.2) is 0 Å². The smallest absolute Gasteiger partial charge is 0.328 e. The lowest BCUT2D eigenvalue weighted by Crippen LogP contribution is -2.50. The molecule has 2 heterocycles. The van der Waals surface area contributed by atoms with Gasteiger partial charge in [-0.25, -0.2) is 9.18 Å². The fraction of sp³-hybridized carbons (Fsp3) is 0.353. The second-order valence-corrected chi connectivity index (χ2v) is 6.00. The molecule has 7 nitrogen and oxygen atoms in total. The molecule has 132 valence electrons. The molecule has 25 heavy (non-hydrogen) atoms. The maximum atomic E-state index is 14.2. The Labute approximate surface area is 143 Å². The zero-order valence-corrected chi connectivity index (χ0v) is 13.5. The molecule has 1 aromatic carbocycles. The van der Waals surface area contributed by atoms with Crippen LogP contribution in [0.2, 0.25) is 0 Å². The topological polar surface area (TPSA) is 90.0 Å². The summed E-state index contributed by atoms with van der Waals surface area (Å²) in [5, 5.41) is 11.1. The monoisotopic (exact) mass is 347 g/mol. The first-order valence-corrected chi connectivity index (χ1v) is 8.02. The van der Waals surface area contributed by atoms with Crippen LogP contribution in [0.3, 0.4) is 0 Å². The van der Waals surface area contributed by atoms with Gasteiger partial charge in [-0.3, -0.25) is 19.8 Å². The number of hydrogen-bond acceptors (Lipinski definition) is 4. The largest absolute Gasteiger partial charge is 0.516 e. The van der Waals surface area contributed by atoms with Gasteiger partial charge in [-0.2, -0.15) is 0 Å². The summed E-state index contributed by atoms with van der Waals surface area (Å²) in [6.07, 6.45) is 2.33. The Morgan fingerprint density at radius 2 is 1.88 bits per heavy atom. The Morgan fingerprint density at radius 3 is 2.52 bits per heavy atom. The Hall–Kier alpha value is -2.90. The second-order valence-electron chi connectivity index (χ2n) is 6.00. The highest BCUT2D eigenvalue weighted by Gasteiger charge is 2.28. The number of nitrogens with zero attached hydrogens (tertiary/aromatic N) is 2. The second kappa shape index (κ2) is 6.92. The molecule has 0 radical (unpaired) electrons. The van der Waals surface area contributed by atoms with Crippen LogP contribution in [-0.4, -0.2) is 47.5 Å². The Kier molecular flexibility index (Phi) is 4.69. The van der Waals surface area contributed by atoms with E-state index < -0.39 is 17.8 Å². The number of urea groups is 1. The first-order chi connectivity index (χ1) is 12.0. The quantitative estimate of drug-likeness (QED) is 0.800. The number of halogens is 1. The molecule has 4 amide bonds. The van der Waals surface area contributed by atoms with Gasteiger partial charge in [0, 0.05) is 31.6 Å². The molecule has 0 bridgehead atoms. The summed E-state index contributed by atoms with van der Waals surface area (Å²) < 4.78 is 14.2. The van der Waals surface area contributed by atoms with Crippen LogP contribution in [0, 0.1) is 5.82 Å². The zero-order valence-electron chi connectivity index (χ0n) is 13.5. The van der Waals surface area contributed by atoms with Crippen LogP contribution in [0.4, 0.5) is 14.9 Å². The van der Waals surface area contributed by atoms with Gasteiger partial charge in [-0.1, -0.05) is 0 Å². The Morgan fingerprint density at radius 1 is 1.16 bits per heavy atom. The summed E-state index contributed by atoms with van der Waals surface area (Å²) in [7, 11) is 0. The highest BCUT2D eigenvalue weighted by atomic mass is 19.1. The number of benzene rings is 1. The predicted molar refractivity (Wildman–Crippen MR) is 87.8 cm³/mol. The fourth-order valence-electron chi connectivity index (χ4n) is 2.96. The lowest BCUT2D eigenvalue weighted by Gasteiger charge is -2.29. The number of carbonyl (C=O) groups is 3. The normalized spacial score (nSPS) is 18.2. The third-order valence-electron chi connectivity index (χ3n) is 4.41. The summed E-state index contributed by atoms with van der Waals surface area (Å²) >= 11 is 0. The number of aliphatic hydroxyl groups excluding tert-OH is 1. The summed E-state index contributed by atoms with van der Waals surface area (Å²) in [6, 6.07) is 3.17. The van der Waals surface area contributed by atoms with Crippen LogP contribution in [-0.2, 0) is 4.79 Å². The molecule has 8 heteroatoms. The van der Waals surface area contributed by atoms with Gasteiger partial charge in [0.1, 0.15) is 5.82 Å². The molecule has 2 N–H and O–H groups in total. The van der Waals surface area contributed by atoms with Gasteiger partial charge in [0.05, 0.1) is 11.9 Å². The average Bonchev–Trinajstić information content (AvgIpc) is 2.62. The van der Waals surface area contributed by atoms with Crippen molar-refractivity contribution < 1.29 is 23.9 Å². The van der Waals surface area contributed by atoms with E-state index in [0.29, 0.717) is 25.9 Å². The van der Waals surface area contributed by atoms with E-state index in [1.54, 1.807) is 4.90 Å². The first kappa shape index (κ1) is 16.9. The van der Waals surface area contributed by atoms with Gasteiger partial charge in [0.2, 0.25) is 5.91 Å². The number of amides is 4. The van der Waals surface area contributed by atoms with E-state index in [-0.39, 0.29) is 30.1 Å². The number of likely N-dealkylation sites (tertiary alicyclic amines) is 1. The molecule has 0 saturated carbocycles. The summed E-state index contributed by atoms with van der Waals surface area (Å²) in [6.45, 7) is 1.00. The molecule has 0 spiro atoms. The zero-order chi connectivity index (χ0) is 18.0. The fourth-order valence-corrected chi connectivity index (χ4v) is 2.96. The summed E-state index contributed by atoms with van der Waals surface area (Å²) in [5.74, 6) is -1.30. The molecule has 2 aliphatic heterocycles. The lowest BCUT2D eigenvalue weighted by molar-refractivity contribution is -0.120. The van der Waals surface area contributed by atoms with Crippen molar-refractivity contribution in [1.82, 2.24) is 10.2 Å². The van der Waals surface area contributed by atoms with Crippen LogP contribution < -0.4 is 10.2 Å². The van der Waals surface area contributed by atoms with Gasteiger partial charge >= 0.3 is 6.03 Å². The van der Waals surface area contributed by atoms with Crippen molar-refractivity contribution in [2.75, 3.05) is 24.5 Å². The van der Waals surface area contributed by atoms with E-state index in [1.807, 2.05) is 0 Å².